The van der Waals surface area contributed by atoms with Crippen molar-refractivity contribution in [1.82, 2.24) is 0 Å². The molecule has 88 valence electrons. The molecule has 0 heterocycles. The summed E-state index contributed by atoms with van der Waals surface area (Å²) in [6.45, 7) is 0.735. The minimum atomic E-state index is -3.99. The van der Waals surface area contributed by atoms with Gasteiger partial charge in [0.2, 0.25) is 0 Å². The average molecular weight is 337 g/mol. The number of hydrogen-bond donors (Lipinski definition) is 2. The molecule has 0 saturated heterocycles. The molecule has 0 aromatic rings. The Labute approximate surface area is 95.2 Å². The van der Waals surface area contributed by atoms with Crippen molar-refractivity contribution in [2.24, 2.45) is 5.73 Å². The van der Waals surface area contributed by atoms with Crippen LogP contribution in [0, 0.1) is 0 Å². The Morgan fingerprint density at radius 1 is 1.29 bits per heavy atom. The second kappa shape index (κ2) is 9.02. The second-order valence-corrected chi connectivity index (χ2v) is 8.71. The quantitative estimate of drug-likeness (QED) is 0.293. The van der Waals surface area contributed by atoms with Crippen molar-refractivity contribution >= 4 is 31.3 Å². The van der Waals surface area contributed by atoms with Gasteiger partial charge in [-0.15, -0.1) is 0 Å². The molecule has 0 spiro atoms. The van der Waals surface area contributed by atoms with Gasteiger partial charge in [-0.1, -0.05) is 0 Å². The summed E-state index contributed by atoms with van der Waals surface area (Å²) in [4.78, 5) is 0. The van der Waals surface area contributed by atoms with Gasteiger partial charge in [0, 0.05) is 0 Å². The van der Waals surface area contributed by atoms with Gasteiger partial charge in [-0.2, -0.15) is 0 Å². The van der Waals surface area contributed by atoms with Crippen LogP contribution in [0.5, 0.6) is 0 Å². The Morgan fingerprint density at radius 3 is 2.43 bits per heavy atom. The van der Waals surface area contributed by atoms with Gasteiger partial charge in [-0.25, -0.2) is 0 Å². The van der Waals surface area contributed by atoms with E-state index >= 15 is 0 Å². The van der Waals surface area contributed by atoms with Crippen LogP contribution in [0.1, 0.15) is 32.1 Å². The Kier molecular flexibility index (Phi) is 9.51. The van der Waals surface area contributed by atoms with Crippen LogP contribution < -0.4 is 5.73 Å². The van der Waals surface area contributed by atoms with Crippen molar-refractivity contribution in [1.29, 1.82) is 0 Å². The first-order valence-corrected chi connectivity index (χ1v) is 10.1. The van der Waals surface area contributed by atoms with Crippen LogP contribution in [0.3, 0.4) is 0 Å². The van der Waals surface area contributed by atoms with E-state index < -0.39 is 19.3 Å². The number of halogens is 1. The van der Waals surface area contributed by atoms with Crippen LogP contribution in [0.4, 0.5) is 0 Å². The molecule has 0 fully saturated rings. The summed E-state index contributed by atoms with van der Waals surface area (Å²) in [6.07, 6.45) is 6.68. The third-order valence-corrected chi connectivity index (χ3v) is 6.95. The van der Waals surface area contributed by atoms with E-state index in [0.717, 1.165) is 50.7 Å². The monoisotopic (exact) mass is 337 g/mol. The van der Waals surface area contributed by atoms with E-state index in [-0.39, 0.29) is 0 Å². The van der Waals surface area contributed by atoms with Crippen molar-refractivity contribution in [3.8, 4) is 0 Å². The SMILES string of the molecule is CSOI(=O)(O)CCCCCCCN. The first-order chi connectivity index (χ1) is 6.62. The Bertz CT molecular complexity index is 180. The van der Waals surface area contributed by atoms with E-state index in [2.05, 4.69) is 0 Å². The van der Waals surface area contributed by atoms with Gasteiger partial charge >= 0.3 is 95.4 Å². The summed E-state index contributed by atoms with van der Waals surface area (Å²) in [5, 5.41) is 0. The minimum absolute atomic E-state index is 0.329. The molecule has 0 aromatic heterocycles. The van der Waals surface area contributed by atoms with Crippen molar-refractivity contribution < 1.29 is 9.02 Å². The Balaban J connectivity index is 3.30. The van der Waals surface area contributed by atoms with Crippen LogP contribution >= 0.6 is 31.3 Å². The van der Waals surface area contributed by atoms with E-state index in [0.29, 0.717) is 4.43 Å². The molecule has 14 heavy (non-hydrogen) atoms. The molecular formula is C8H20INO3S. The molecule has 0 radical (unpaired) electrons. The van der Waals surface area contributed by atoms with Gasteiger partial charge in [0.25, 0.3) is 0 Å². The van der Waals surface area contributed by atoms with E-state index in [9.17, 15) is 6.51 Å². The van der Waals surface area contributed by atoms with Crippen LogP contribution in [-0.4, -0.2) is 20.7 Å². The molecule has 1 unspecified atom stereocenters. The molecule has 0 amide bonds. The number of alkyl halides is 1. The van der Waals surface area contributed by atoms with Gasteiger partial charge in [0.05, 0.1) is 0 Å². The van der Waals surface area contributed by atoms with Gasteiger partial charge in [0.15, 0.2) is 0 Å². The second-order valence-electron chi connectivity index (χ2n) is 3.01. The van der Waals surface area contributed by atoms with Gasteiger partial charge in [0.1, 0.15) is 0 Å². The molecule has 4 nitrogen and oxygen atoms in total. The standard InChI is InChI=1S/C8H20INO3S/c1-14-13-9(11,12)7-5-3-2-4-6-8-10/h2-8,10H2,1H3,(H,11,12). The Hall–Kier alpha value is 0.760. The zero-order chi connectivity index (χ0) is 10.9. The van der Waals surface area contributed by atoms with Crippen LogP contribution in [0.15, 0.2) is 0 Å². The summed E-state index contributed by atoms with van der Waals surface area (Å²) in [6, 6.07) is 0. The fourth-order valence-electron chi connectivity index (χ4n) is 1.07. The van der Waals surface area contributed by atoms with Crippen LogP contribution in [0.25, 0.3) is 0 Å². The normalized spacial score (nSPS) is 17.6. The van der Waals surface area contributed by atoms with Gasteiger partial charge < -0.3 is 0 Å². The molecule has 1 atom stereocenters. The predicted molar refractivity (Wildman–Crippen MR) is 68.5 cm³/mol. The summed E-state index contributed by atoms with van der Waals surface area (Å²) < 4.78 is 25.6. The van der Waals surface area contributed by atoms with Crippen LogP contribution in [-0.2, 0) is 5.58 Å². The number of nitrogens with two attached hydrogens (primary N) is 1. The molecule has 0 bridgehead atoms. The summed E-state index contributed by atoms with van der Waals surface area (Å²) in [5.41, 5.74) is 5.35. The van der Waals surface area contributed by atoms with Crippen molar-refractivity contribution in [2.75, 3.05) is 17.2 Å². The first-order valence-electron chi connectivity index (χ1n) is 4.73. The summed E-state index contributed by atoms with van der Waals surface area (Å²) >= 11 is -3.01. The molecule has 0 saturated carbocycles. The van der Waals surface area contributed by atoms with Crippen molar-refractivity contribution in [3.63, 3.8) is 0 Å². The van der Waals surface area contributed by atoms with Crippen molar-refractivity contribution in [2.45, 2.75) is 32.1 Å². The summed E-state index contributed by atoms with van der Waals surface area (Å²) in [5.74, 6) is 0. The van der Waals surface area contributed by atoms with E-state index in [4.69, 9.17) is 8.25 Å². The zero-order valence-electron chi connectivity index (χ0n) is 8.58. The molecular weight excluding hydrogens is 317 g/mol. The third kappa shape index (κ3) is 9.32. The van der Waals surface area contributed by atoms with E-state index in [1.807, 2.05) is 0 Å². The molecule has 3 N–H and O–H groups in total. The fourth-order valence-corrected chi connectivity index (χ4v) is 5.06. The Morgan fingerprint density at radius 2 is 1.86 bits per heavy atom. The van der Waals surface area contributed by atoms with Crippen molar-refractivity contribution in [3.05, 3.63) is 0 Å². The topological polar surface area (TPSA) is 72.5 Å². The van der Waals surface area contributed by atoms with Gasteiger partial charge in [-0.05, 0) is 0 Å². The number of rotatable bonds is 9. The fraction of sp³-hybridized carbons (Fsp3) is 1.00. The summed E-state index contributed by atoms with van der Waals surface area (Å²) in [7, 11) is 0. The van der Waals surface area contributed by atoms with E-state index in [1.165, 1.54) is 0 Å². The molecule has 0 aliphatic carbocycles. The number of unbranched alkanes of at least 4 members (excludes halogenated alkanes) is 4. The third-order valence-electron chi connectivity index (χ3n) is 1.74. The first kappa shape index (κ1) is 14.8. The molecule has 0 aliphatic rings. The van der Waals surface area contributed by atoms with E-state index in [1.54, 1.807) is 6.26 Å². The predicted octanol–water partition coefficient (Wildman–Crippen LogP) is 2.40. The number of hydrogen-bond acceptors (Lipinski definition) is 4. The van der Waals surface area contributed by atoms with Gasteiger partial charge in [-0.3, -0.25) is 0 Å². The average Bonchev–Trinajstić information content (AvgIpc) is 2.11. The molecule has 6 heteroatoms. The molecule has 0 rings (SSSR count). The maximum atomic E-state index is 11.3. The maximum absolute atomic E-state index is 11.3. The molecule has 0 aromatic carbocycles. The zero-order valence-corrected chi connectivity index (χ0v) is 11.6. The molecule has 0 aliphatic heterocycles. The van der Waals surface area contributed by atoms with Crippen LogP contribution in [0.2, 0.25) is 0 Å².